The minimum absolute atomic E-state index is 0.0334. The van der Waals surface area contributed by atoms with E-state index in [4.69, 9.17) is 5.73 Å². The Morgan fingerprint density at radius 1 is 0.817 bits per heavy atom. The Balaban J connectivity index is 1.70. The monoisotopic (exact) mass is 849 g/mol. The molecule has 8 atom stereocenters. The Kier molecular flexibility index (Phi) is 19.3. The van der Waals surface area contributed by atoms with Crippen molar-refractivity contribution in [1.82, 2.24) is 52.1 Å². The molecule has 60 heavy (non-hydrogen) atoms. The second-order valence-corrected chi connectivity index (χ2v) is 15.2. The molecule has 1 aromatic rings. The maximum Gasteiger partial charge on any atom is 0.326 e. The molecule has 3 heterocycles. The summed E-state index contributed by atoms with van der Waals surface area (Å²) in [6.07, 6.45) is 4.43. The van der Waals surface area contributed by atoms with Gasteiger partial charge in [0.25, 0.3) is 0 Å². The number of rotatable bonds is 24. The Labute approximate surface area is 346 Å². The molecule has 23 nitrogen and oxygen atoms in total. The molecule has 1 aromatic heterocycles. The van der Waals surface area contributed by atoms with E-state index in [0.717, 1.165) is 6.42 Å². The van der Waals surface area contributed by atoms with Crippen LogP contribution in [0.4, 0.5) is 0 Å². The van der Waals surface area contributed by atoms with Crippen molar-refractivity contribution in [2.24, 2.45) is 11.7 Å². The van der Waals surface area contributed by atoms with E-state index in [0.29, 0.717) is 37.9 Å². The third kappa shape index (κ3) is 14.5. The van der Waals surface area contributed by atoms with Gasteiger partial charge in [0.15, 0.2) is 0 Å². The van der Waals surface area contributed by atoms with Crippen molar-refractivity contribution in [1.29, 1.82) is 0 Å². The second-order valence-electron chi connectivity index (χ2n) is 15.2. The van der Waals surface area contributed by atoms with Crippen LogP contribution in [0, 0.1) is 5.92 Å². The third-order valence-electron chi connectivity index (χ3n) is 10.2. The number of carboxylic acids is 2. The van der Waals surface area contributed by atoms with Crippen molar-refractivity contribution in [2.75, 3.05) is 26.2 Å². The summed E-state index contributed by atoms with van der Waals surface area (Å²) in [4.78, 5) is 125. The number of aliphatic hydroxyl groups excluding tert-OH is 1. The summed E-state index contributed by atoms with van der Waals surface area (Å²) in [5.74, 6) is -8.80. The summed E-state index contributed by atoms with van der Waals surface area (Å²) < 4.78 is 0. The Hall–Kier alpha value is -5.68. The molecule has 2 aliphatic rings. The number of nitrogens with one attached hydrogen (secondary N) is 8. The number of hydrogen-bond acceptors (Lipinski definition) is 13. The lowest BCUT2D eigenvalue weighted by atomic mass is 10.0. The largest absolute Gasteiger partial charge is 0.481 e. The van der Waals surface area contributed by atoms with E-state index in [-0.39, 0.29) is 32.4 Å². The van der Waals surface area contributed by atoms with E-state index in [1.165, 1.54) is 24.3 Å². The van der Waals surface area contributed by atoms with Crippen LogP contribution in [-0.2, 0) is 49.6 Å². The van der Waals surface area contributed by atoms with Crippen molar-refractivity contribution >= 4 is 53.3 Å². The second kappa shape index (κ2) is 23.8. The van der Waals surface area contributed by atoms with Crippen molar-refractivity contribution in [3.05, 3.63) is 18.2 Å². The molecule has 0 aromatic carbocycles. The number of carbonyl (C=O) groups excluding carboxylic acids is 7. The molecule has 0 radical (unpaired) electrons. The highest BCUT2D eigenvalue weighted by Crippen LogP contribution is 2.21. The van der Waals surface area contributed by atoms with Gasteiger partial charge in [0, 0.05) is 24.9 Å². The molecular weight excluding hydrogens is 790 g/mol. The number of likely N-dealkylation sites (tertiary alicyclic amines) is 1. The zero-order chi connectivity index (χ0) is 44.5. The Morgan fingerprint density at radius 3 is 2.08 bits per heavy atom. The molecule has 0 bridgehead atoms. The molecule has 2 saturated heterocycles. The molecule has 2 fully saturated rings. The van der Waals surface area contributed by atoms with Crippen molar-refractivity contribution in [3.8, 4) is 0 Å². The number of aliphatic carboxylic acids is 2. The van der Waals surface area contributed by atoms with Gasteiger partial charge in [-0.05, 0) is 70.9 Å². The van der Waals surface area contributed by atoms with Gasteiger partial charge in [-0.2, -0.15) is 0 Å². The summed E-state index contributed by atoms with van der Waals surface area (Å²) in [5, 5.41) is 46.7. The van der Waals surface area contributed by atoms with E-state index in [1.807, 2.05) is 0 Å². The normalized spacial score (nSPS) is 19.2. The van der Waals surface area contributed by atoms with Crippen molar-refractivity contribution < 1.29 is 58.5 Å². The highest BCUT2D eigenvalue weighted by atomic mass is 16.4. The van der Waals surface area contributed by atoms with Gasteiger partial charge in [-0.25, -0.2) is 9.78 Å². The number of aromatic amines is 1. The van der Waals surface area contributed by atoms with Crippen LogP contribution in [0.15, 0.2) is 12.5 Å². The minimum Gasteiger partial charge on any atom is -0.481 e. The lowest BCUT2D eigenvalue weighted by molar-refractivity contribution is -0.144. The van der Waals surface area contributed by atoms with Gasteiger partial charge in [0.1, 0.15) is 42.3 Å². The van der Waals surface area contributed by atoms with E-state index in [1.54, 1.807) is 13.8 Å². The van der Waals surface area contributed by atoms with E-state index < -0.39 is 121 Å². The number of amides is 7. The number of nitrogens with two attached hydrogens (primary N) is 1. The molecule has 3 rings (SSSR count). The fourth-order valence-corrected chi connectivity index (χ4v) is 6.82. The molecule has 23 heteroatoms. The molecule has 2 aliphatic heterocycles. The number of unbranched alkanes of at least 4 members (excludes halogenated alkanes) is 1. The molecule has 0 aliphatic carbocycles. The standard InChI is InChI=1S/C37H59N11O12/c1-19(2)29(35(57)42-20(3)30(52)45-25(37(59)60)14-21-16-39-18-41-21)47-34(56)27-10-7-13-48(27)36(58)23(8-4-5-11-38)43-32(54)24(15-28(50)51)44-33(55)26(17-49)46-31(53)22-9-6-12-40-22/h16,18-20,22-27,29,40,49H,4-15,17,38H2,1-3H3,(H,39,41)(H,42,57)(H,43,54)(H,44,55)(H,45,52)(H,46,53)(H,47,56)(H,50,51)(H,59,60). The smallest absolute Gasteiger partial charge is 0.326 e. The summed E-state index contributed by atoms with van der Waals surface area (Å²) in [6, 6.07) is -9.92. The van der Waals surface area contributed by atoms with Crippen LogP contribution in [0.1, 0.15) is 77.8 Å². The molecular formula is C37H59N11O12. The van der Waals surface area contributed by atoms with Crippen molar-refractivity contribution in [2.45, 2.75) is 127 Å². The average Bonchev–Trinajstić information content (AvgIpc) is 4.01. The van der Waals surface area contributed by atoms with Crippen molar-refractivity contribution in [3.63, 3.8) is 0 Å². The number of carbonyl (C=O) groups is 9. The molecule has 13 N–H and O–H groups in total. The maximum absolute atomic E-state index is 14.1. The number of aliphatic hydroxyl groups is 1. The number of H-pyrrole nitrogens is 1. The third-order valence-corrected chi connectivity index (χ3v) is 10.2. The van der Waals surface area contributed by atoms with Gasteiger partial charge in [-0.15, -0.1) is 0 Å². The first-order valence-electron chi connectivity index (χ1n) is 20.1. The van der Waals surface area contributed by atoms with Gasteiger partial charge >= 0.3 is 11.9 Å². The zero-order valence-corrected chi connectivity index (χ0v) is 34.0. The van der Waals surface area contributed by atoms with E-state index >= 15 is 0 Å². The van der Waals surface area contributed by atoms with Crippen LogP contribution in [0.3, 0.4) is 0 Å². The number of aromatic nitrogens is 2. The number of imidazole rings is 1. The number of hydrogen-bond donors (Lipinski definition) is 12. The van der Waals surface area contributed by atoms with Gasteiger partial charge < -0.3 is 68.2 Å². The first-order valence-corrected chi connectivity index (χ1v) is 20.1. The topological polar surface area (TPSA) is 356 Å². The lowest BCUT2D eigenvalue weighted by Crippen LogP contribution is -2.60. The van der Waals surface area contributed by atoms with Gasteiger partial charge in [0.2, 0.25) is 41.4 Å². The van der Waals surface area contributed by atoms with Gasteiger partial charge in [-0.1, -0.05) is 13.8 Å². The average molecular weight is 850 g/mol. The predicted octanol–water partition coefficient (Wildman–Crippen LogP) is -4.04. The minimum atomic E-state index is -1.73. The maximum atomic E-state index is 14.1. The lowest BCUT2D eigenvalue weighted by Gasteiger charge is -2.31. The van der Waals surface area contributed by atoms with Crippen LogP contribution in [0.25, 0.3) is 0 Å². The summed E-state index contributed by atoms with van der Waals surface area (Å²) in [6.45, 7) is 4.75. The summed E-state index contributed by atoms with van der Waals surface area (Å²) in [7, 11) is 0. The van der Waals surface area contributed by atoms with E-state index in [2.05, 4.69) is 47.2 Å². The molecule has 8 unspecified atom stereocenters. The first kappa shape index (κ1) is 48.7. The summed E-state index contributed by atoms with van der Waals surface area (Å²) in [5.41, 5.74) is 6.13. The highest BCUT2D eigenvalue weighted by Gasteiger charge is 2.40. The molecule has 334 valence electrons. The quantitative estimate of drug-likeness (QED) is 0.0441. The van der Waals surface area contributed by atoms with Crippen LogP contribution in [0.5, 0.6) is 0 Å². The highest BCUT2D eigenvalue weighted by molar-refractivity contribution is 5.98. The molecule has 7 amide bonds. The zero-order valence-electron chi connectivity index (χ0n) is 34.0. The SMILES string of the molecule is CC(NC(=O)C(NC(=O)C1CCCN1C(=O)C(CCCCN)NC(=O)C(CC(=O)O)NC(=O)C(CO)NC(=O)C1CCCN1)C(C)C)C(=O)NC(Cc1cnc[nH]1)C(=O)O. The number of carboxylic acid groups (broad SMARTS) is 2. The first-order chi connectivity index (χ1) is 28.5. The Bertz CT molecular complexity index is 1670. The Morgan fingerprint density at radius 2 is 1.50 bits per heavy atom. The summed E-state index contributed by atoms with van der Waals surface area (Å²) >= 11 is 0. The fourth-order valence-electron chi connectivity index (χ4n) is 6.82. The predicted molar refractivity (Wildman–Crippen MR) is 210 cm³/mol. The van der Waals surface area contributed by atoms with Crippen LogP contribution >= 0.6 is 0 Å². The molecule has 0 spiro atoms. The van der Waals surface area contributed by atoms with Crippen LogP contribution < -0.4 is 43.0 Å². The van der Waals surface area contributed by atoms with E-state index in [9.17, 15) is 58.5 Å². The van der Waals surface area contributed by atoms with Crippen LogP contribution in [0.2, 0.25) is 0 Å². The van der Waals surface area contributed by atoms with Crippen LogP contribution in [-0.4, -0.2) is 158 Å². The van der Waals surface area contributed by atoms with Gasteiger partial charge in [0.05, 0.1) is 25.4 Å². The number of nitrogens with zero attached hydrogens (tertiary/aromatic N) is 2. The van der Waals surface area contributed by atoms with Gasteiger partial charge in [-0.3, -0.25) is 38.4 Å². The molecule has 0 saturated carbocycles. The fraction of sp³-hybridized carbons (Fsp3) is 0.676.